The van der Waals surface area contributed by atoms with Crippen molar-refractivity contribution in [3.05, 3.63) is 578 Å². The highest BCUT2D eigenvalue weighted by atomic mass is 15.1. The monoisotopic (exact) mass is 1680 g/mol. The molecule has 0 bridgehead atoms. The number of hydrogen-bond donors (Lipinski definition) is 0. The third-order valence-electron chi connectivity index (χ3n) is 27.4. The fourth-order valence-corrected chi connectivity index (χ4v) is 21.4. The van der Waals surface area contributed by atoms with Gasteiger partial charge in [0.05, 0.1) is 32.9 Å². The maximum Gasteiger partial charge on any atom is 0.0714 e. The number of para-hydroxylation sites is 3. The average Bonchev–Trinajstić information content (AvgIpc) is 1.54. The lowest BCUT2D eigenvalue weighted by Gasteiger charge is -2.35. The summed E-state index contributed by atoms with van der Waals surface area (Å²) in [6.07, 6.45) is 0. The number of hydrogen-bond acceptors (Lipinski definition) is 2. The van der Waals surface area contributed by atoms with Gasteiger partial charge >= 0.3 is 0 Å². The second-order valence-corrected chi connectivity index (χ2v) is 34.5. The fourth-order valence-electron chi connectivity index (χ4n) is 21.4. The van der Waals surface area contributed by atoms with Crippen LogP contribution in [0.1, 0.15) is 44.5 Å². The highest BCUT2D eigenvalue weighted by Crippen LogP contribution is 2.60. The van der Waals surface area contributed by atoms with E-state index in [2.05, 4.69) is 553 Å². The van der Waals surface area contributed by atoms with E-state index in [0.717, 1.165) is 45.5 Å². The van der Waals surface area contributed by atoms with Gasteiger partial charge in [-0.05, 0) is 256 Å². The number of benzene rings is 21. The summed E-state index contributed by atoms with van der Waals surface area (Å²) >= 11 is 0. The van der Waals surface area contributed by atoms with E-state index in [-0.39, 0.29) is 0 Å². The van der Waals surface area contributed by atoms with Gasteiger partial charge in [-0.1, -0.05) is 400 Å². The summed E-state index contributed by atoms with van der Waals surface area (Å²) in [4.78, 5) is 4.84. The Hall–Kier alpha value is -17.2. The SMILES string of the molecule is c1ccc(-c2ccc(N(c3ccc(-c4ccc5c(c4)c4ccccc4n5-c4ccc(-c5ccccc5)cc4)cc3)c3ccc4c(c3)C(c3ccccc3)(c3ccccc3)c3ccccc3-4)cc2)cc1.c1ccc(-c2ccc(N(c3ccc(-c4ccc5c(c4)c4ccccc4n5-c4ccccc4)cc3)c3ccc4c(c3)C(c3ccccc3)(c3ccccc3)c3ccccc3-4)cc2)cc1. The lowest BCUT2D eigenvalue weighted by atomic mass is 9.67. The fraction of sp³-hybridized carbons (Fsp3) is 0.0156. The molecule has 620 valence electrons. The molecule has 0 aliphatic heterocycles. The smallest absolute Gasteiger partial charge is 0.0714 e. The van der Waals surface area contributed by atoms with Crippen molar-refractivity contribution in [2.75, 3.05) is 9.80 Å². The van der Waals surface area contributed by atoms with Gasteiger partial charge in [-0.2, -0.15) is 0 Å². The highest BCUT2D eigenvalue weighted by molar-refractivity contribution is 6.12. The summed E-state index contributed by atoms with van der Waals surface area (Å²) in [6.45, 7) is 0. The van der Waals surface area contributed by atoms with Crippen molar-refractivity contribution in [3.8, 4) is 89.3 Å². The quantitative estimate of drug-likeness (QED) is 0.0903. The zero-order valence-corrected chi connectivity index (χ0v) is 72.6. The molecule has 132 heavy (non-hydrogen) atoms. The predicted molar refractivity (Wildman–Crippen MR) is 553 cm³/mol. The van der Waals surface area contributed by atoms with E-state index in [1.807, 2.05) is 0 Å². The van der Waals surface area contributed by atoms with Gasteiger partial charge in [0.15, 0.2) is 0 Å². The summed E-state index contributed by atoms with van der Waals surface area (Å²) in [7, 11) is 0. The normalized spacial score (nSPS) is 12.5. The number of aromatic nitrogens is 2. The maximum atomic E-state index is 2.45. The molecule has 0 amide bonds. The van der Waals surface area contributed by atoms with Gasteiger partial charge in [-0.3, -0.25) is 0 Å². The van der Waals surface area contributed by atoms with Crippen LogP contribution < -0.4 is 9.80 Å². The molecule has 0 saturated heterocycles. The Labute approximate surface area is 769 Å². The summed E-state index contributed by atoms with van der Waals surface area (Å²) in [5.41, 5.74) is 39.9. The molecule has 21 aromatic carbocycles. The molecule has 2 heterocycles. The molecule has 4 heteroatoms. The van der Waals surface area contributed by atoms with E-state index < -0.39 is 10.8 Å². The first-order chi connectivity index (χ1) is 65.5. The van der Waals surface area contributed by atoms with Crippen LogP contribution in [0.4, 0.5) is 34.1 Å². The van der Waals surface area contributed by atoms with Crippen molar-refractivity contribution in [3.63, 3.8) is 0 Å². The minimum Gasteiger partial charge on any atom is -0.310 e. The Morgan fingerprint density at radius 3 is 0.720 bits per heavy atom. The Morgan fingerprint density at radius 1 is 0.144 bits per heavy atom. The van der Waals surface area contributed by atoms with E-state index in [1.165, 1.54) is 166 Å². The zero-order valence-electron chi connectivity index (χ0n) is 72.6. The summed E-state index contributed by atoms with van der Waals surface area (Å²) in [5, 5.41) is 4.97. The van der Waals surface area contributed by atoms with Crippen molar-refractivity contribution in [2.24, 2.45) is 0 Å². The average molecular weight is 1680 g/mol. The first-order valence-corrected chi connectivity index (χ1v) is 45.6. The number of fused-ring (bicyclic) bond motifs is 12. The van der Waals surface area contributed by atoms with Crippen LogP contribution in [0.5, 0.6) is 0 Å². The molecule has 2 aromatic heterocycles. The topological polar surface area (TPSA) is 16.3 Å². The molecule has 25 rings (SSSR count). The zero-order chi connectivity index (χ0) is 87.5. The van der Waals surface area contributed by atoms with Crippen LogP contribution in [0.3, 0.4) is 0 Å². The molecule has 4 nitrogen and oxygen atoms in total. The first-order valence-electron chi connectivity index (χ1n) is 45.6. The molecule has 0 saturated carbocycles. The molecule has 0 radical (unpaired) electrons. The van der Waals surface area contributed by atoms with Crippen molar-refractivity contribution < 1.29 is 0 Å². The maximum absolute atomic E-state index is 2.45. The molecule has 0 spiro atoms. The molecule has 0 atom stereocenters. The van der Waals surface area contributed by atoms with Crippen molar-refractivity contribution in [1.82, 2.24) is 9.13 Å². The largest absolute Gasteiger partial charge is 0.310 e. The molecule has 23 aromatic rings. The van der Waals surface area contributed by atoms with Crippen molar-refractivity contribution in [2.45, 2.75) is 10.8 Å². The predicted octanol–water partition coefficient (Wildman–Crippen LogP) is 33.6. The van der Waals surface area contributed by atoms with Gasteiger partial charge < -0.3 is 18.9 Å². The number of anilines is 6. The first kappa shape index (κ1) is 78.3. The number of rotatable bonds is 17. The second kappa shape index (κ2) is 33.2. The van der Waals surface area contributed by atoms with E-state index in [0.29, 0.717) is 0 Å². The van der Waals surface area contributed by atoms with Crippen LogP contribution in [0.2, 0.25) is 0 Å². The van der Waals surface area contributed by atoms with Crippen LogP contribution in [0.25, 0.3) is 133 Å². The van der Waals surface area contributed by atoms with E-state index in [9.17, 15) is 0 Å². The summed E-state index contributed by atoms with van der Waals surface area (Å²) in [6, 6.07) is 195. The Kier molecular flexibility index (Phi) is 19.7. The van der Waals surface area contributed by atoms with Crippen molar-refractivity contribution >= 4 is 77.7 Å². The summed E-state index contributed by atoms with van der Waals surface area (Å²) in [5.74, 6) is 0. The molecule has 2 aliphatic rings. The van der Waals surface area contributed by atoms with Gasteiger partial charge in [0.25, 0.3) is 0 Å². The van der Waals surface area contributed by atoms with Gasteiger partial charge in [0.1, 0.15) is 0 Å². The third kappa shape index (κ3) is 13.4. The summed E-state index contributed by atoms with van der Waals surface area (Å²) < 4.78 is 4.77. The lowest BCUT2D eigenvalue weighted by Crippen LogP contribution is -2.28. The molecule has 2 aliphatic carbocycles. The van der Waals surface area contributed by atoms with Crippen LogP contribution >= 0.6 is 0 Å². The molecule has 0 unspecified atom stereocenters. The standard InChI is InChI=1S/C67H46N2.C61H42N2/c1-5-17-47(18-6-1)49-29-36-55(37-30-49)68(58-42-43-60-59-25-13-15-27-63(59)67(64(60)46-58,53-21-9-3-10-22-53)54-23-11-4-12-24-54)56-38-33-51(34-39-56)52-35-44-66-62(45-52)61-26-14-16-28-65(61)69(66)57-40-31-50(32-41-57)48-19-7-2-8-20-48;1-5-17-43(18-6-1)44-29-34-50(35-30-44)62(51-36-31-45(32-37-51)46-33-40-60-56(41-46)55-26-14-16-28-59(55)63(60)49-23-11-4-12-24-49)52-38-39-54-53-25-13-15-27-57(53)61(58(54)42-52,47-19-7-2-8-20-47)48-21-9-3-10-22-48/h1-46H;1-42H. The molecular weight excluding hydrogens is 1590 g/mol. The second-order valence-electron chi connectivity index (χ2n) is 34.5. The lowest BCUT2D eigenvalue weighted by molar-refractivity contribution is 0.768. The van der Waals surface area contributed by atoms with Gasteiger partial charge in [0, 0.05) is 67.0 Å². The number of nitrogens with zero attached hydrogens (tertiary/aromatic N) is 4. The van der Waals surface area contributed by atoms with E-state index in [4.69, 9.17) is 0 Å². The highest BCUT2D eigenvalue weighted by Gasteiger charge is 2.48. The van der Waals surface area contributed by atoms with Crippen LogP contribution in [0, 0.1) is 0 Å². The minimum absolute atomic E-state index is 0.501. The van der Waals surface area contributed by atoms with Crippen molar-refractivity contribution in [1.29, 1.82) is 0 Å². The third-order valence-corrected chi connectivity index (χ3v) is 27.4. The molecule has 0 fully saturated rings. The minimum atomic E-state index is -0.509. The van der Waals surface area contributed by atoms with E-state index in [1.54, 1.807) is 0 Å². The van der Waals surface area contributed by atoms with E-state index >= 15 is 0 Å². The van der Waals surface area contributed by atoms with Gasteiger partial charge in [-0.15, -0.1) is 0 Å². The van der Waals surface area contributed by atoms with Gasteiger partial charge in [-0.25, -0.2) is 0 Å². The molecular formula is C128H88N4. The van der Waals surface area contributed by atoms with Crippen LogP contribution in [-0.4, -0.2) is 9.13 Å². The Bertz CT molecular complexity index is 8080. The molecule has 0 N–H and O–H groups in total. The van der Waals surface area contributed by atoms with Crippen LogP contribution in [0.15, 0.2) is 534 Å². The Balaban J connectivity index is 0.000000146. The van der Waals surface area contributed by atoms with Crippen LogP contribution in [-0.2, 0) is 10.8 Å². The Morgan fingerprint density at radius 2 is 0.379 bits per heavy atom. The van der Waals surface area contributed by atoms with Gasteiger partial charge in [0.2, 0.25) is 0 Å².